The topological polar surface area (TPSA) is 82.6 Å². The van der Waals surface area contributed by atoms with Crippen LogP contribution in [0.15, 0.2) is 60.0 Å². The van der Waals surface area contributed by atoms with Crippen LogP contribution in [0, 0.1) is 0 Å². The maximum atomic E-state index is 6.17. The highest BCUT2D eigenvalue weighted by molar-refractivity contribution is 5.77. The van der Waals surface area contributed by atoms with E-state index in [0.717, 1.165) is 27.8 Å². The van der Waals surface area contributed by atoms with E-state index in [9.17, 15) is 0 Å². The van der Waals surface area contributed by atoms with Crippen LogP contribution in [0.2, 0.25) is 0 Å². The number of ether oxygens (including phenoxy) is 2. The minimum atomic E-state index is -0.778. The van der Waals surface area contributed by atoms with Gasteiger partial charge in [0.1, 0.15) is 12.4 Å². The molecule has 0 radical (unpaired) electrons. The minimum absolute atomic E-state index is 0.0597. The number of rotatable bonds is 1. The number of nitrogens with two attached hydrogens (primary N) is 1. The van der Waals surface area contributed by atoms with Crippen molar-refractivity contribution in [3.63, 3.8) is 0 Å². The molecule has 1 spiro atoms. The maximum Gasteiger partial charge on any atom is 0.283 e. The van der Waals surface area contributed by atoms with Crippen LogP contribution in [0.25, 0.3) is 11.1 Å². The standard InChI is InChI=1S/C23H22N4O2/c1-22(2,3)16-10-18-20(26-12-16)29-19-7-6-14(15-5-4-8-25-11-15)9-17(19)23(18)13-28-21(24)27-23/h4-12H,13H2,1-3H3,(H2,24,27)/t23-/m0/s1. The predicted molar refractivity (Wildman–Crippen MR) is 111 cm³/mol. The molecule has 0 saturated carbocycles. The van der Waals surface area contributed by atoms with Gasteiger partial charge in [0.25, 0.3) is 6.02 Å². The molecule has 29 heavy (non-hydrogen) atoms. The lowest BCUT2D eigenvalue weighted by Crippen LogP contribution is -2.32. The molecule has 2 aliphatic rings. The van der Waals surface area contributed by atoms with Gasteiger partial charge in [0.2, 0.25) is 5.88 Å². The summed E-state index contributed by atoms with van der Waals surface area (Å²) in [5.41, 5.74) is 10.1. The van der Waals surface area contributed by atoms with E-state index in [4.69, 9.17) is 20.2 Å². The van der Waals surface area contributed by atoms with Crippen LogP contribution < -0.4 is 10.5 Å². The Labute approximate surface area is 169 Å². The van der Waals surface area contributed by atoms with Crippen LogP contribution in [-0.2, 0) is 15.7 Å². The van der Waals surface area contributed by atoms with Crippen molar-refractivity contribution in [1.29, 1.82) is 0 Å². The fourth-order valence-electron chi connectivity index (χ4n) is 3.85. The molecular weight excluding hydrogens is 364 g/mol. The van der Waals surface area contributed by atoms with Crippen molar-refractivity contribution >= 4 is 6.02 Å². The zero-order valence-electron chi connectivity index (χ0n) is 16.6. The molecule has 2 aliphatic heterocycles. The van der Waals surface area contributed by atoms with Crippen molar-refractivity contribution in [3.8, 4) is 22.8 Å². The zero-order chi connectivity index (χ0) is 20.2. The van der Waals surface area contributed by atoms with Crippen molar-refractivity contribution in [2.75, 3.05) is 6.61 Å². The van der Waals surface area contributed by atoms with Crippen LogP contribution >= 0.6 is 0 Å². The van der Waals surface area contributed by atoms with E-state index in [-0.39, 0.29) is 11.4 Å². The quantitative estimate of drug-likeness (QED) is 0.680. The highest BCUT2D eigenvalue weighted by Gasteiger charge is 2.48. The molecule has 6 heteroatoms. The number of aliphatic imine (C=N–C) groups is 1. The van der Waals surface area contributed by atoms with E-state index >= 15 is 0 Å². The number of aromatic nitrogens is 2. The monoisotopic (exact) mass is 386 g/mol. The van der Waals surface area contributed by atoms with Gasteiger partial charge in [-0.1, -0.05) is 32.9 Å². The molecule has 2 aromatic heterocycles. The highest BCUT2D eigenvalue weighted by Crippen LogP contribution is 2.51. The molecule has 0 amide bonds. The van der Waals surface area contributed by atoms with Gasteiger partial charge in [0, 0.05) is 29.7 Å². The van der Waals surface area contributed by atoms with Crippen molar-refractivity contribution < 1.29 is 9.47 Å². The molecule has 0 bridgehead atoms. The predicted octanol–water partition coefficient (Wildman–Crippen LogP) is 4.14. The summed E-state index contributed by atoms with van der Waals surface area (Å²) in [4.78, 5) is 13.6. The largest absolute Gasteiger partial charge is 0.462 e. The lowest BCUT2D eigenvalue weighted by atomic mass is 9.79. The second kappa shape index (κ2) is 6.04. The van der Waals surface area contributed by atoms with Gasteiger partial charge in [0.15, 0.2) is 5.54 Å². The average molecular weight is 386 g/mol. The summed E-state index contributed by atoms with van der Waals surface area (Å²) in [6.45, 7) is 6.78. The zero-order valence-corrected chi connectivity index (χ0v) is 16.6. The molecule has 0 saturated heterocycles. The Morgan fingerprint density at radius 1 is 1.03 bits per heavy atom. The minimum Gasteiger partial charge on any atom is -0.462 e. The Bertz CT molecular complexity index is 1140. The Hall–Kier alpha value is -3.41. The number of nitrogens with zero attached hydrogens (tertiary/aromatic N) is 3. The van der Waals surface area contributed by atoms with Crippen LogP contribution in [0.5, 0.6) is 11.6 Å². The van der Waals surface area contributed by atoms with Crippen molar-refractivity contribution in [3.05, 3.63) is 71.7 Å². The van der Waals surface area contributed by atoms with E-state index in [1.165, 1.54) is 0 Å². The normalized spacial score (nSPS) is 19.8. The number of pyridine rings is 2. The first-order valence-corrected chi connectivity index (χ1v) is 9.59. The van der Waals surface area contributed by atoms with Crippen LogP contribution in [0.3, 0.4) is 0 Å². The summed E-state index contributed by atoms with van der Waals surface area (Å²) >= 11 is 0. The van der Waals surface area contributed by atoms with Crippen LogP contribution in [-0.4, -0.2) is 22.6 Å². The van der Waals surface area contributed by atoms with E-state index in [1.807, 2.05) is 36.7 Å². The third-order valence-electron chi connectivity index (χ3n) is 5.52. The summed E-state index contributed by atoms with van der Waals surface area (Å²) in [7, 11) is 0. The molecule has 0 aliphatic carbocycles. The summed E-state index contributed by atoms with van der Waals surface area (Å²) < 4.78 is 11.8. The average Bonchev–Trinajstić information content (AvgIpc) is 3.10. The Morgan fingerprint density at radius 2 is 1.90 bits per heavy atom. The molecular formula is C23H22N4O2. The SMILES string of the molecule is CC(C)(C)c1cnc2c(c1)[C@]1(COC(N)=N1)c1cc(-c3cccnc3)ccc1O2. The van der Waals surface area contributed by atoms with Gasteiger partial charge in [-0.3, -0.25) is 4.98 Å². The molecule has 0 unspecified atom stereocenters. The van der Waals surface area contributed by atoms with Crippen LogP contribution in [0.1, 0.15) is 37.5 Å². The molecule has 5 rings (SSSR count). The van der Waals surface area contributed by atoms with Gasteiger partial charge in [-0.05, 0) is 40.8 Å². The van der Waals surface area contributed by atoms with Gasteiger partial charge in [-0.2, -0.15) is 0 Å². The number of hydrogen-bond donors (Lipinski definition) is 1. The van der Waals surface area contributed by atoms with E-state index in [2.05, 4.69) is 42.9 Å². The lowest BCUT2D eigenvalue weighted by molar-refractivity contribution is 0.262. The maximum absolute atomic E-state index is 6.17. The van der Waals surface area contributed by atoms with Crippen LogP contribution in [0.4, 0.5) is 0 Å². The summed E-state index contributed by atoms with van der Waals surface area (Å²) in [5, 5.41) is 0. The molecule has 0 fully saturated rings. The summed E-state index contributed by atoms with van der Waals surface area (Å²) in [6.07, 6.45) is 5.47. The molecule has 146 valence electrons. The number of fused-ring (bicyclic) bond motifs is 4. The fraction of sp³-hybridized carbons (Fsp3) is 0.261. The first kappa shape index (κ1) is 17.7. The van der Waals surface area contributed by atoms with Gasteiger partial charge in [0.05, 0.1) is 5.56 Å². The van der Waals surface area contributed by atoms with E-state index in [1.54, 1.807) is 6.20 Å². The Kier molecular flexibility index (Phi) is 3.68. The van der Waals surface area contributed by atoms with Gasteiger partial charge in [-0.15, -0.1) is 0 Å². The Balaban J connectivity index is 1.74. The number of benzene rings is 1. The van der Waals surface area contributed by atoms with E-state index in [0.29, 0.717) is 18.2 Å². The number of amidine groups is 1. The molecule has 1 aromatic carbocycles. The third-order valence-corrected chi connectivity index (χ3v) is 5.52. The van der Waals surface area contributed by atoms with Crippen molar-refractivity contribution in [1.82, 2.24) is 9.97 Å². The highest BCUT2D eigenvalue weighted by atomic mass is 16.5. The van der Waals surface area contributed by atoms with Gasteiger partial charge < -0.3 is 15.2 Å². The van der Waals surface area contributed by atoms with Crippen molar-refractivity contribution in [2.24, 2.45) is 10.7 Å². The molecule has 6 nitrogen and oxygen atoms in total. The molecule has 4 heterocycles. The third kappa shape index (κ3) is 2.75. The second-order valence-electron chi connectivity index (χ2n) is 8.48. The van der Waals surface area contributed by atoms with Gasteiger partial charge >= 0.3 is 0 Å². The molecule has 1 atom stereocenters. The molecule has 2 N–H and O–H groups in total. The fourth-order valence-corrected chi connectivity index (χ4v) is 3.85. The first-order valence-electron chi connectivity index (χ1n) is 9.59. The smallest absolute Gasteiger partial charge is 0.283 e. The Morgan fingerprint density at radius 3 is 2.59 bits per heavy atom. The first-order chi connectivity index (χ1) is 13.9. The van der Waals surface area contributed by atoms with Crippen molar-refractivity contribution in [2.45, 2.75) is 31.7 Å². The van der Waals surface area contributed by atoms with E-state index < -0.39 is 5.54 Å². The summed E-state index contributed by atoms with van der Waals surface area (Å²) in [5.74, 6) is 1.25. The second-order valence-corrected chi connectivity index (χ2v) is 8.48. The number of hydrogen-bond acceptors (Lipinski definition) is 6. The lowest BCUT2D eigenvalue weighted by Gasteiger charge is -2.34. The summed E-state index contributed by atoms with van der Waals surface area (Å²) in [6, 6.07) is 12.3. The van der Waals surface area contributed by atoms with Gasteiger partial charge in [-0.25, -0.2) is 9.98 Å². The molecule has 3 aromatic rings.